The molecule has 2 aromatic heterocycles. The van der Waals surface area contributed by atoms with Gasteiger partial charge in [0.1, 0.15) is 11.6 Å². The molecule has 0 spiro atoms. The van der Waals surface area contributed by atoms with Crippen LogP contribution in [0.1, 0.15) is 25.5 Å². The standard InChI is InChI=1S/C35H31F4N5O2S/c1-4-29(45)44-20(2)16-41(17-21(44)3)33-26-15-27(35(37,38)39)30(23-9-11-24(36)12-10-23)32-31(26)43(34(46)40-33)18-25(19-47-32)42-14-13-22-7-5-6-8-28(22)42/h4-15,20-21,25H,1,16-19H2,2-3H3. The van der Waals surface area contributed by atoms with Gasteiger partial charge in [-0.05, 0) is 61.2 Å². The van der Waals surface area contributed by atoms with Crippen LogP contribution in [0.3, 0.4) is 0 Å². The Labute approximate surface area is 272 Å². The minimum atomic E-state index is -4.77. The van der Waals surface area contributed by atoms with Crippen molar-refractivity contribution in [1.82, 2.24) is 19.0 Å². The van der Waals surface area contributed by atoms with Crippen LogP contribution in [0.4, 0.5) is 23.4 Å². The number of aromatic nitrogens is 3. The van der Waals surface area contributed by atoms with Crippen LogP contribution >= 0.6 is 11.8 Å². The third-order valence-electron chi connectivity index (χ3n) is 9.12. The van der Waals surface area contributed by atoms with E-state index in [0.717, 1.165) is 29.1 Å². The van der Waals surface area contributed by atoms with E-state index in [-0.39, 0.29) is 66.0 Å². The van der Waals surface area contributed by atoms with Crippen molar-refractivity contribution < 1.29 is 22.4 Å². The first-order valence-electron chi connectivity index (χ1n) is 15.3. The molecule has 0 radical (unpaired) electrons. The lowest BCUT2D eigenvalue weighted by atomic mass is 9.96. The molecule has 1 fully saturated rings. The summed E-state index contributed by atoms with van der Waals surface area (Å²) in [7, 11) is 0. The van der Waals surface area contributed by atoms with Crippen LogP contribution in [-0.4, -0.2) is 55.9 Å². The van der Waals surface area contributed by atoms with Crippen molar-refractivity contribution in [2.24, 2.45) is 0 Å². The normalized spacial score (nSPS) is 20.1. The van der Waals surface area contributed by atoms with Gasteiger partial charge in [0.25, 0.3) is 0 Å². The fraction of sp³-hybridized carbons (Fsp3) is 0.286. The summed E-state index contributed by atoms with van der Waals surface area (Å²) in [4.78, 5) is 34.9. The molecule has 1 saturated heterocycles. The Morgan fingerprint density at radius 2 is 1.72 bits per heavy atom. The van der Waals surface area contributed by atoms with Crippen molar-refractivity contribution in [1.29, 1.82) is 0 Å². The number of para-hydroxylation sites is 1. The van der Waals surface area contributed by atoms with E-state index in [4.69, 9.17) is 0 Å². The highest BCUT2D eigenvalue weighted by Crippen LogP contribution is 2.49. The summed E-state index contributed by atoms with van der Waals surface area (Å²) >= 11 is 1.26. The number of halogens is 4. The smallest absolute Gasteiger partial charge is 0.352 e. The van der Waals surface area contributed by atoms with E-state index in [9.17, 15) is 14.0 Å². The Balaban J connectivity index is 1.48. The Hall–Kier alpha value is -4.58. The molecule has 0 N–H and O–H groups in total. The molecule has 7 rings (SSSR count). The number of carbonyl (C=O) groups is 1. The highest BCUT2D eigenvalue weighted by atomic mass is 32.2. The number of nitrogens with zero attached hydrogens (tertiary/aromatic N) is 5. The summed E-state index contributed by atoms with van der Waals surface area (Å²) in [6.45, 7) is 8.00. The van der Waals surface area contributed by atoms with Gasteiger partial charge in [-0.15, -0.1) is 11.8 Å². The number of carbonyl (C=O) groups excluding carboxylic acids is 1. The molecular formula is C35H31F4N5O2S. The van der Waals surface area contributed by atoms with Gasteiger partial charge in [-0.3, -0.25) is 9.36 Å². The first-order chi connectivity index (χ1) is 22.5. The number of rotatable bonds is 4. The fourth-order valence-corrected chi connectivity index (χ4v) is 8.49. The minimum absolute atomic E-state index is 0.0959. The molecule has 2 aliphatic rings. The molecule has 242 valence electrons. The topological polar surface area (TPSA) is 63.4 Å². The zero-order chi connectivity index (χ0) is 33.2. The van der Waals surface area contributed by atoms with E-state index < -0.39 is 23.2 Å². The molecule has 47 heavy (non-hydrogen) atoms. The van der Waals surface area contributed by atoms with Gasteiger partial charge in [0, 0.05) is 65.0 Å². The van der Waals surface area contributed by atoms with Gasteiger partial charge in [-0.2, -0.15) is 18.2 Å². The molecule has 3 atom stereocenters. The number of hydrogen-bond acceptors (Lipinski definition) is 5. The maximum absolute atomic E-state index is 15.1. The number of alkyl halides is 3. The Bertz CT molecular complexity index is 2090. The van der Waals surface area contributed by atoms with E-state index >= 15 is 13.2 Å². The largest absolute Gasteiger partial charge is 0.417 e. The van der Waals surface area contributed by atoms with E-state index in [2.05, 4.69) is 16.1 Å². The lowest BCUT2D eigenvalue weighted by molar-refractivity contribution is -0.137. The van der Waals surface area contributed by atoms with Gasteiger partial charge >= 0.3 is 11.9 Å². The number of fused-ring (bicyclic) bond motifs is 1. The van der Waals surface area contributed by atoms with Crippen LogP contribution in [-0.2, 0) is 17.5 Å². The molecule has 3 unspecified atom stereocenters. The highest BCUT2D eigenvalue weighted by Gasteiger charge is 2.40. The summed E-state index contributed by atoms with van der Waals surface area (Å²) in [5.41, 5.74) is -0.0550. The molecule has 1 amide bonds. The number of thioether (sulfide) groups is 1. The molecule has 2 aliphatic heterocycles. The van der Waals surface area contributed by atoms with Gasteiger partial charge in [0.05, 0.1) is 17.1 Å². The van der Waals surface area contributed by atoms with Gasteiger partial charge in [-0.25, -0.2) is 9.18 Å². The van der Waals surface area contributed by atoms with Crippen molar-refractivity contribution in [2.75, 3.05) is 23.7 Å². The Kier molecular flexibility index (Phi) is 7.65. The van der Waals surface area contributed by atoms with Crippen molar-refractivity contribution in [3.05, 3.63) is 101 Å². The number of hydrogen-bond donors (Lipinski definition) is 0. The molecular weight excluding hydrogens is 630 g/mol. The maximum atomic E-state index is 15.1. The molecule has 0 bridgehead atoms. The predicted octanol–water partition coefficient (Wildman–Crippen LogP) is 7.13. The highest BCUT2D eigenvalue weighted by molar-refractivity contribution is 7.99. The summed E-state index contributed by atoms with van der Waals surface area (Å²) < 4.78 is 62.7. The number of piperazine rings is 1. The molecule has 7 nitrogen and oxygen atoms in total. The summed E-state index contributed by atoms with van der Waals surface area (Å²) in [5.74, 6) is -0.291. The van der Waals surface area contributed by atoms with Crippen molar-refractivity contribution >= 4 is 45.3 Å². The van der Waals surface area contributed by atoms with Gasteiger partial charge < -0.3 is 14.4 Å². The second kappa shape index (κ2) is 11.6. The molecule has 5 aromatic rings. The van der Waals surface area contributed by atoms with Crippen LogP contribution < -0.4 is 10.6 Å². The van der Waals surface area contributed by atoms with Crippen LogP contribution in [0, 0.1) is 5.82 Å². The third-order valence-corrected chi connectivity index (χ3v) is 10.4. The Morgan fingerprint density at radius 1 is 1.02 bits per heavy atom. The van der Waals surface area contributed by atoms with Gasteiger partial charge in [0.2, 0.25) is 5.91 Å². The zero-order valence-corrected chi connectivity index (χ0v) is 26.5. The second-order valence-electron chi connectivity index (χ2n) is 12.2. The molecule has 4 heterocycles. The average Bonchev–Trinajstić information content (AvgIpc) is 3.36. The van der Waals surface area contributed by atoms with Crippen LogP contribution in [0.2, 0.25) is 0 Å². The van der Waals surface area contributed by atoms with E-state index in [0.29, 0.717) is 16.2 Å². The monoisotopic (exact) mass is 661 g/mol. The van der Waals surface area contributed by atoms with Crippen LogP contribution in [0.15, 0.2) is 89.2 Å². The summed E-state index contributed by atoms with van der Waals surface area (Å²) in [6, 6.07) is 14.9. The molecule has 0 aliphatic carbocycles. The predicted molar refractivity (Wildman–Crippen MR) is 176 cm³/mol. The van der Waals surface area contributed by atoms with E-state index in [1.165, 1.54) is 34.5 Å². The Morgan fingerprint density at radius 3 is 2.40 bits per heavy atom. The third kappa shape index (κ3) is 5.28. The summed E-state index contributed by atoms with van der Waals surface area (Å²) in [5, 5.41) is 1.21. The molecule has 3 aromatic carbocycles. The van der Waals surface area contributed by atoms with E-state index in [1.54, 1.807) is 9.80 Å². The number of benzene rings is 3. The number of anilines is 1. The number of amides is 1. The van der Waals surface area contributed by atoms with Crippen molar-refractivity contribution in [3.63, 3.8) is 0 Å². The minimum Gasteiger partial charge on any atom is -0.352 e. The van der Waals surface area contributed by atoms with Gasteiger partial charge in [-0.1, -0.05) is 36.9 Å². The first kappa shape index (κ1) is 31.0. The van der Waals surface area contributed by atoms with Gasteiger partial charge in [0.15, 0.2) is 0 Å². The SMILES string of the molecule is C=CC(=O)N1C(C)CN(c2nc(=O)n3c4c(c(-c5ccc(F)cc5)c(C(F)(F)F)cc24)SCC(n2ccc4ccccc42)C3)CC1C. The van der Waals surface area contributed by atoms with E-state index in [1.807, 2.05) is 50.4 Å². The fourth-order valence-electron chi connectivity index (χ4n) is 7.14. The van der Waals surface area contributed by atoms with Crippen molar-refractivity contribution in [3.8, 4) is 11.1 Å². The molecule has 0 saturated carbocycles. The zero-order valence-electron chi connectivity index (χ0n) is 25.7. The van der Waals surface area contributed by atoms with Crippen LogP contribution in [0.25, 0.3) is 32.9 Å². The van der Waals surface area contributed by atoms with Crippen LogP contribution in [0.5, 0.6) is 0 Å². The second-order valence-corrected chi connectivity index (χ2v) is 13.2. The first-order valence-corrected chi connectivity index (χ1v) is 16.3. The summed E-state index contributed by atoms with van der Waals surface area (Å²) in [6.07, 6.45) is -1.59. The average molecular weight is 662 g/mol. The quantitative estimate of drug-likeness (QED) is 0.152. The maximum Gasteiger partial charge on any atom is 0.417 e. The molecule has 12 heteroatoms. The lowest BCUT2D eigenvalue weighted by Crippen LogP contribution is -2.58. The lowest BCUT2D eigenvalue weighted by Gasteiger charge is -2.44. The van der Waals surface area contributed by atoms with Crippen molar-refractivity contribution in [2.45, 2.75) is 49.6 Å².